The number of rotatable bonds is 4. The van der Waals surface area contributed by atoms with E-state index < -0.39 is 17.9 Å². The number of carboxylic acid groups (broad SMARTS) is 1. The van der Waals surface area contributed by atoms with Gasteiger partial charge in [0, 0.05) is 24.7 Å². The van der Waals surface area contributed by atoms with Crippen molar-refractivity contribution < 1.29 is 19.5 Å². The second-order valence-corrected chi connectivity index (χ2v) is 6.83. The van der Waals surface area contributed by atoms with Gasteiger partial charge in [0.15, 0.2) is 6.04 Å². The van der Waals surface area contributed by atoms with Gasteiger partial charge in [-0.25, -0.2) is 4.79 Å². The number of amides is 2. The molecule has 0 fully saturated rings. The Morgan fingerprint density at radius 1 is 1.15 bits per heavy atom. The average Bonchev–Trinajstić information content (AvgIpc) is 2.64. The molecule has 1 atom stereocenters. The van der Waals surface area contributed by atoms with Gasteiger partial charge in [-0.2, -0.15) is 0 Å². The first-order valence-corrected chi connectivity index (χ1v) is 8.79. The van der Waals surface area contributed by atoms with Gasteiger partial charge in [0.25, 0.3) is 5.91 Å². The highest BCUT2D eigenvalue weighted by Crippen LogP contribution is 2.28. The second-order valence-electron chi connectivity index (χ2n) is 6.83. The number of aryl methyl sites for hydroxylation is 2. The molecule has 27 heavy (non-hydrogen) atoms. The number of nitrogens with zero attached hydrogens (tertiary/aromatic N) is 1. The first-order valence-electron chi connectivity index (χ1n) is 8.79. The molecule has 3 rings (SSSR count). The third kappa shape index (κ3) is 3.56. The molecule has 0 spiro atoms. The summed E-state index contributed by atoms with van der Waals surface area (Å²) in [7, 11) is 1.71. The Morgan fingerprint density at radius 2 is 1.89 bits per heavy atom. The molecule has 0 aliphatic carbocycles. The van der Waals surface area contributed by atoms with Gasteiger partial charge in [-0.15, -0.1) is 0 Å². The molecule has 1 heterocycles. The fourth-order valence-electron chi connectivity index (χ4n) is 3.37. The number of fused-ring (bicyclic) bond motifs is 1. The summed E-state index contributed by atoms with van der Waals surface area (Å²) in [5, 5.41) is 12.3. The zero-order chi connectivity index (χ0) is 19.7. The van der Waals surface area contributed by atoms with Crippen LogP contribution in [0.2, 0.25) is 0 Å². The van der Waals surface area contributed by atoms with Gasteiger partial charge in [-0.1, -0.05) is 18.2 Å². The number of carboxylic acids is 1. The van der Waals surface area contributed by atoms with E-state index in [1.165, 1.54) is 0 Å². The first-order chi connectivity index (χ1) is 12.8. The van der Waals surface area contributed by atoms with Gasteiger partial charge < -0.3 is 15.3 Å². The fourth-order valence-corrected chi connectivity index (χ4v) is 3.37. The monoisotopic (exact) mass is 366 g/mol. The summed E-state index contributed by atoms with van der Waals surface area (Å²) < 4.78 is 0. The van der Waals surface area contributed by atoms with Crippen LogP contribution in [0.25, 0.3) is 0 Å². The van der Waals surface area contributed by atoms with E-state index in [0.717, 1.165) is 22.4 Å². The molecule has 2 N–H and O–H groups in total. The van der Waals surface area contributed by atoms with E-state index in [2.05, 4.69) is 5.32 Å². The van der Waals surface area contributed by atoms with Gasteiger partial charge >= 0.3 is 5.97 Å². The minimum absolute atomic E-state index is 0.0422. The molecule has 2 amide bonds. The van der Waals surface area contributed by atoms with Crippen LogP contribution in [0.5, 0.6) is 0 Å². The minimum atomic E-state index is -1.13. The van der Waals surface area contributed by atoms with Crippen LogP contribution in [0.4, 0.5) is 5.69 Å². The van der Waals surface area contributed by atoms with E-state index in [1.807, 2.05) is 19.9 Å². The summed E-state index contributed by atoms with van der Waals surface area (Å²) in [6.45, 7) is 3.75. The number of carbonyl (C=O) groups is 3. The van der Waals surface area contributed by atoms with E-state index in [9.17, 15) is 19.5 Å². The van der Waals surface area contributed by atoms with E-state index >= 15 is 0 Å². The molecular formula is C21H22N2O4. The lowest BCUT2D eigenvalue weighted by Gasteiger charge is -2.26. The average molecular weight is 366 g/mol. The summed E-state index contributed by atoms with van der Waals surface area (Å²) >= 11 is 0. The number of hydrogen-bond donors (Lipinski definition) is 2. The Labute approximate surface area is 157 Å². The van der Waals surface area contributed by atoms with Crippen molar-refractivity contribution in [3.63, 3.8) is 0 Å². The topological polar surface area (TPSA) is 86.7 Å². The molecule has 6 nitrogen and oxygen atoms in total. The Bertz CT molecular complexity index is 936. The Morgan fingerprint density at radius 3 is 2.59 bits per heavy atom. The zero-order valence-electron chi connectivity index (χ0n) is 15.6. The standard InChI is InChI=1S/C21H22N2O4/c1-12-5-4-6-16(13(12)2)19(21(26)27)22-20(25)15-7-9-17-14(11-15)8-10-18(24)23(17)3/h4-7,9,11,19H,8,10H2,1-3H3,(H,22,25)(H,26,27). The van der Waals surface area contributed by atoms with Crippen LogP contribution < -0.4 is 10.2 Å². The number of carbonyl (C=O) groups excluding carboxylic acids is 2. The zero-order valence-corrected chi connectivity index (χ0v) is 15.6. The molecule has 140 valence electrons. The van der Waals surface area contributed by atoms with Gasteiger partial charge in [0.2, 0.25) is 5.91 Å². The van der Waals surface area contributed by atoms with Crippen LogP contribution >= 0.6 is 0 Å². The number of benzene rings is 2. The number of nitrogens with one attached hydrogen (secondary N) is 1. The molecule has 0 saturated carbocycles. The van der Waals surface area contributed by atoms with Crippen LogP contribution in [0.15, 0.2) is 36.4 Å². The van der Waals surface area contributed by atoms with Crippen LogP contribution in [-0.2, 0) is 16.0 Å². The van der Waals surface area contributed by atoms with Gasteiger partial charge in [-0.05, 0) is 60.7 Å². The minimum Gasteiger partial charge on any atom is -0.479 e. The number of aliphatic carboxylic acids is 1. The number of anilines is 1. The van der Waals surface area contributed by atoms with Crippen molar-refractivity contribution in [3.05, 3.63) is 64.2 Å². The molecule has 1 aliphatic heterocycles. The Balaban J connectivity index is 1.88. The maximum absolute atomic E-state index is 12.7. The molecule has 6 heteroatoms. The van der Waals surface area contributed by atoms with Crippen molar-refractivity contribution in [3.8, 4) is 0 Å². The predicted molar refractivity (Wildman–Crippen MR) is 102 cm³/mol. The maximum atomic E-state index is 12.7. The van der Waals surface area contributed by atoms with E-state index in [4.69, 9.17) is 0 Å². The molecule has 0 saturated heterocycles. The third-order valence-corrected chi connectivity index (χ3v) is 5.17. The van der Waals surface area contributed by atoms with Crippen molar-refractivity contribution in [2.24, 2.45) is 0 Å². The fraction of sp³-hybridized carbons (Fsp3) is 0.286. The third-order valence-electron chi connectivity index (χ3n) is 5.17. The van der Waals surface area contributed by atoms with Crippen molar-refractivity contribution in [2.45, 2.75) is 32.7 Å². The normalized spacial score (nSPS) is 14.5. The van der Waals surface area contributed by atoms with Crippen molar-refractivity contribution >= 4 is 23.5 Å². The summed E-state index contributed by atoms with van der Waals surface area (Å²) in [6.07, 6.45) is 0.966. The van der Waals surface area contributed by atoms with Gasteiger partial charge in [-0.3, -0.25) is 9.59 Å². The largest absolute Gasteiger partial charge is 0.479 e. The predicted octanol–water partition coefficient (Wildman–Crippen LogP) is 2.77. The van der Waals surface area contributed by atoms with Gasteiger partial charge in [0.1, 0.15) is 0 Å². The lowest BCUT2D eigenvalue weighted by Crippen LogP contribution is -2.35. The van der Waals surface area contributed by atoms with Gasteiger partial charge in [0.05, 0.1) is 0 Å². The molecule has 0 radical (unpaired) electrons. The molecule has 0 aromatic heterocycles. The highest BCUT2D eigenvalue weighted by atomic mass is 16.4. The molecular weight excluding hydrogens is 344 g/mol. The molecule has 1 aliphatic rings. The molecule has 2 aromatic carbocycles. The van der Waals surface area contributed by atoms with Crippen molar-refractivity contribution in [1.82, 2.24) is 5.32 Å². The van der Waals surface area contributed by atoms with Crippen molar-refractivity contribution in [1.29, 1.82) is 0 Å². The smallest absolute Gasteiger partial charge is 0.330 e. The molecule has 0 bridgehead atoms. The summed E-state index contributed by atoms with van der Waals surface area (Å²) in [6, 6.07) is 9.36. The number of hydrogen-bond acceptors (Lipinski definition) is 3. The summed E-state index contributed by atoms with van der Waals surface area (Å²) in [5.41, 5.74) is 4.45. The van der Waals surface area contributed by atoms with Crippen LogP contribution in [-0.4, -0.2) is 29.9 Å². The quantitative estimate of drug-likeness (QED) is 0.871. The Kier molecular flexibility index (Phi) is 4.99. The second kappa shape index (κ2) is 7.23. The Hall–Kier alpha value is -3.15. The summed E-state index contributed by atoms with van der Waals surface area (Å²) in [4.78, 5) is 37.9. The highest BCUT2D eigenvalue weighted by Gasteiger charge is 2.26. The van der Waals surface area contributed by atoms with Crippen molar-refractivity contribution in [2.75, 3.05) is 11.9 Å². The SMILES string of the molecule is Cc1cccc(C(NC(=O)c2ccc3c(c2)CCC(=O)N3C)C(=O)O)c1C. The van der Waals surface area contributed by atoms with Crippen LogP contribution in [0.1, 0.15) is 45.1 Å². The highest BCUT2D eigenvalue weighted by molar-refractivity contribution is 6.00. The van der Waals surface area contributed by atoms with Crippen LogP contribution in [0, 0.1) is 13.8 Å². The van der Waals surface area contributed by atoms with E-state index in [0.29, 0.717) is 24.0 Å². The maximum Gasteiger partial charge on any atom is 0.330 e. The lowest BCUT2D eigenvalue weighted by atomic mass is 9.96. The lowest BCUT2D eigenvalue weighted by molar-refractivity contribution is -0.139. The molecule has 2 aromatic rings. The first kappa shape index (κ1) is 18.6. The van der Waals surface area contributed by atoms with Crippen LogP contribution in [0.3, 0.4) is 0 Å². The summed E-state index contributed by atoms with van der Waals surface area (Å²) in [5.74, 6) is -1.52. The van der Waals surface area contributed by atoms with E-state index in [-0.39, 0.29) is 5.91 Å². The van der Waals surface area contributed by atoms with E-state index in [1.54, 1.807) is 42.3 Å². The molecule has 1 unspecified atom stereocenters.